The van der Waals surface area contributed by atoms with Crippen molar-refractivity contribution in [1.82, 2.24) is 14.9 Å². The van der Waals surface area contributed by atoms with Crippen LogP contribution in [0.1, 0.15) is 41.2 Å². The van der Waals surface area contributed by atoms with Gasteiger partial charge in [0.15, 0.2) is 0 Å². The van der Waals surface area contributed by atoms with Crippen LogP contribution in [0.2, 0.25) is 0 Å². The molecule has 0 N–H and O–H groups in total. The number of rotatable bonds is 6. The first-order valence-corrected chi connectivity index (χ1v) is 16.0. The predicted molar refractivity (Wildman–Crippen MR) is 164 cm³/mol. The Balaban J connectivity index is 1.26. The number of anilines is 1. The van der Waals surface area contributed by atoms with Crippen molar-refractivity contribution in [2.45, 2.75) is 50.1 Å². The minimum absolute atomic E-state index is 0.149. The van der Waals surface area contributed by atoms with E-state index in [0.29, 0.717) is 37.8 Å². The zero-order chi connectivity index (χ0) is 29.9. The second-order valence-corrected chi connectivity index (χ2v) is 12.2. The fraction of sp³-hybridized carbons (Fsp3) is 0.333. The molecule has 3 atom stereocenters. The van der Waals surface area contributed by atoms with E-state index in [1.807, 2.05) is 36.4 Å². The molecule has 9 nitrogen and oxygen atoms in total. The number of carbonyl (C=O) groups excluding carboxylic acids is 1. The van der Waals surface area contributed by atoms with Crippen molar-refractivity contribution in [3.63, 3.8) is 0 Å². The van der Waals surface area contributed by atoms with E-state index in [1.54, 1.807) is 11.2 Å². The minimum atomic E-state index is -1.44. The highest BCUT2D eigenvalue weighted by Crippen LogP contribution is 2.41. The summed E-state index contributed by atoms with van der Waals surface area (Å²) in [6, 6.07) is 23.9. The maximum atomic E-state index is 13.1. The van der Waals surface area contributed by atoms with Crippen molar-refractivity contribution < 1.29 is 18.5 Å². The molecular weight excluding hydrogens is 562 g/mol. The highest BCUT2D eigenvalue weighted by atomic mass is 32.2. The van der Waals surface area contributed by atoms with Gasteiger partial charge in [-0.05, 0) is 41.7 Å². The summed E-state index contributed by atoms with van der Waals surface area (Å²) >= 11 is 0. The monoisotopic (exact) mass is 595 g/mol. The Hall–Kier alpha value is -4.49. The molecule has 6 rings (SSSR count). The van der Waals surface area contributed by atoms with E-state index >= 15 is 0 Å². The number of aromatic nitrogens is 2. The van der Waals surface area contributed by atoms with E-state index in [4.69, 9.17) is 14.5 Å². The summed E-state index contributed by atoms with van der Waals surface area (Å²) in [7, 11) is -1.44. The van der Waals surface area contributed by atoms with Crippen molar-refractivity contribution in [2.75, 3.05) is 30.8 Å². The third-order valence-corrected chi connectivity index (χ3v) is 8.83. The normalized spacial score (nSPS) is 18.8. The molecule has 0 saturated carbocycles. The smallest absolute Gasteiger partial charge is 0.410 e. The standard InChI is InChI=1S/C33H33N5O4S/c1-22-8-6-11-24-12-7-13-26(29(22)24)28-15-14-27-30(35-32(43(2)40)36-31(27)42-28)37-18-19-38(25(20-37)16-17-34)33(39)41-21-23-9-4-3-5-10-23/h3-13,25,28H,14-16,18-21H2,1-2H3/t25-,28?,43?/m0/s1. The first kappa shape index (κ1) is 28.6. The predicted octanol–water partition coefficient (Wildman–Crippen LogP) is 5.48. The lowest BCUT2D eigenvalue weighted by Crippen LogP contribution is -2.55. The van der Waals surface area contributed by atoms with Crippen molar-refractivity contribution in [3.8, 4) is 11.9 Å². The van der Waals surface area contributed by atoms with Gasteiger partial charge in [0.2, 0.25) is 11.0 Å². The van der Waals surface area contributed by atoms with E-state index in [-0.39, 0.29) is 30.3 Å². The Labute approximate surface area is 253 Å². The molecule has 1 saturated heterocycles. The minimum Gasteiger partial charge on any atom is -0.469 e. The molecule has 2 aliphatic heterocycles. The lowest BCUT2D eigenvalue weighted by Gasteiger charge is -2.41. The van der Waals surface area contributed by atoms with Crippen LogP contribution in [0.3, 0.4) is 0 Å². The first-order valence-electron chi connectivity index (χ1n) is 14.4. The lowest BCUT2D eigenvalue weighted by molar-refractivity contribution is 0.0767. The Morgan fingerprint density at radius 3 is 2.65 bits per heavy atom. The van der Waals surface area contributed by atoms with Gasteiger partial charge in [0.25, 0.3) is 0 Å². The number of fused-ring (bicyclic) bond motifs is 2. The number of piperazine rings is 1. The Kier molecular flexibility index (Phi) is 8.25. The largest absolute Gasteiger partial charge is 0.469 e. The van der Waals surface area contributed by atoms with Gasteiger partial charge in [0.1, 0.15) is 18.5 Å². The van der Waals surface area contributed by atoms with Crippen LogP contribution in [-0.4, -0.2) is 57.1 Å². The lowest BCUT2D eigenvalue weighted by atomic mass is 9.92. The molecule has 43 heavy (non-hydrogen) atoms. The molecule has 2 aliphatic rings. The number of benzene rings is 3. The summed E-state index contributed by atoms with van der Waals surface area (Å²) in [5.74, 6) is 1.10. The number of amides is 1. The molecule has 0 bridgehead atoms. The molecule has 0 aliphatic carbocycles. The fourth-order valence-corrected chi connectivity index (χ4v) is 6.46. The molecule has 4 aromatic rings. The van der Waals surface area contributed by atoms with Crippen LogP contribution < -0.4 is 9.64 Å². The third-order valence-electron chi connectivity index (χ3n) is 8.14. The summed E-state index contributed by atoms with van der Waals surface area (Å²) in [6.07, 6.45) is 2.46. The maximum absolute atomic E-state index is 13.1. The van der Waals surface area contributed by atoms with Gasteiger partial charge in [-0.15, -0.1) is 0 Å². The fourth-order valence-electron chi connectivity index (χ4n) is 6.03. The molecule has 1 fully saturated rings. The quantitative estimate of drug-likeness (QED) is 0.270. The summed E-state index contributed by atoms with van der Waals surface area (Å²) in [5.41, 5.74) is 4.05. The van der Waals surface area contributed by atoms with Crippen molar-refractivity contribution in [2.24, 2.45) is 0 Å². The van der Waals surface area contributed by atoms with E-state index < -0.39 is 16.9 Å². The first-order chi connectivity index (χ1) is 20.9. The molecular formula is C33H33N5O4S. The average Bonchev–Trinajstić information content (AvgIpc) is 3.03. The van der Waals surface area contributed by atoms with Crippen LogP contribution >= 0.6 is 0 Å². The zero-order valence-corrected chi connectivity index (χ0v) is 25.0. The number of ether oxygens (including phenoxy) is 2. The van der Waals surface area contributed by atoms with E-state index in [0.717, 1.165) is 28.5 Å². The summed E-state index contributed by atoms with van der Waals surface area (Å²) in [5, 5.41) is 12.1. The number of hydrogen-bond donors (Lipinski definition) is 0. The second kappa shape index (κ2) is 12.4. The summed E-state index contributed by atoms with van der Waals surface area (Å²) in [6.45, 7) is 3.50. The van der Waals surface area contributed by atoms with Crippen LogP contribution in [0.5, 0.6) is 5.88 Å². The maximum Gasteiger partial charge on any atom is 0.410 e. The van der Waals surface area contributed by atoms with E-state index in [1.165, 1.54) is 10.9 Å². The number of carbonyl (C=O) groups is 1. The van der Waals surface area contributed by atoms with Crippen molar-refractivity contribution >= 4 is 33.5 Å². The molecule has 0 spiro atoms. The van der Waals surface area contributed by atoms with E-state index in [2.05, 4.69) is 53.2 Å². The number of hydrogen-bond acceptors (Lipinski definition) is 8. The average molecular weight is 596 g/mol. The summed E-state index contributed by atoms with van der Waals surface area (Å²) in [4.78, 5) is 26.1. The zero-order valence-electron chi connectivity index (χ0n) is 24.2. The molecule has 3 heterocycles. The topological polar surface area (TPSA) is 109 Å². The molecule has 220 valence electrons. The third kappa shape index (κ3) is 5.90. The van der Waals surface area contributed by atoms with Gasteiger partial charge in [0, 0.05) is 31.5 Å². The van der Waals surface area contributed by atoms with Crippen LogP contribution in [0.25, 0.3) is 10.8 Å². The van der Waals surface area contributed by atoms with Gasteiger partial charge < -0.3 is 19.3 Å². The van der Waals surface area contributed by atoms with Crippen molar-refractivity contribution in [3.05, 3.63) is 89.0 Å². The Bertz CT molecular complexity index is 1720. The van der Waals surface area contributed by atoms with Crippen molar-refractivity contribution in [1.29, 1.82) is 5.26 Å². The highest BCUT2D eigenvalue weighted by molar-refractivity contribution is 7.84. The molecule has 10 heteroatoms. The molecule has 1 amide bonds. The molecule has 0 radical (unpaired) electrons. The van der Waals surface area contributed by atoms with Gasteiger partial charge in [-0.1, -0.05) is 66.7 Å². The SMILES string of the molecule is Cc1cccc2cccc(C3CCc4c(nc(S(C)=O)nc4N4CCN(C(=O)OCc5ccccc5)[C@@H](CC#N)C4)O3)c12. The molecule has 2 unspecified atom stereocenters. The van der Waals surface area contributed by atoms with Crippen LogP contribution in [0, 0.1) is 18.3 Å². The number of nitrogens with zero attached hydrogens (tertiary/aromatic N) is 5. The van der Waals surface area contributed by atoms with Crippen LogP contribution in [0.4, 0.5) is 10.6 Å². The van der Waals surface area contributed by atoms with Gasteiger partial charge in [-0.25, -0.2) is 9.78 Å². The van der Waals surface area contributed by atoms with E-state index in [9.17, 15) is 14.3 Å². The molecule has 3 aromatic carbocycles. The van der Waals surface area contributed by atoms with Crippen LogP contribution in [-0.2, 0) is 28.6 Å². The van der Waals surface area contributed by atoms with Gasteiger partial charge in [0.05, 0.1) is 34.9 Å². The van der Waals surface area contributed by atoms with Gasteiger partial charge in [-0.3, -0.25) is 4.21 Å². The van der Waals surface area contributed by atoms with Crippen LogP contribution in [0.15, 0.2) is 71.9 Å². The van der Waals surface area contributed by atoms with Gasteiger partial charge in [-0.2, -0.15) is 10.2 Å². The highest BCUT2D eigenvalue weighted by Gasteiger charge is 2.36. The number of nitriles is 1. The van der Waals surface area contributed by atoms with Gasteiger partial charge >= 0.3 is 6.09 Å². The number of aryl methyl sites for hydroxylation is 1. The molecule has 1 aromatic heterocycles. The second-order valence-electron chi connectivity index (χ2n) is 10.9. The Morgan fingerprint density at radius 2 is 1.88 bits per heavy atom. The Morgan fingerprint density at radius 1 is 1.09 bits per heavy atom. The summed E-state index contributed by atoms with van der Waals surface area (Å²) < 4.78 is 24.8.